The van der Waals surface area contributed by atoms with Gasteiger partial charge in [-0.2, -0.15) is 0 Å². The Morgan fingerprint density at radius 2 is 1.86 bits per heavy atom. The Labute approximate surface area is 136 Å². The van der Waals surface area contributed by atoms with Gasteiger partial charge in [0.05, 0.1) is 12.2 Å². The Morgan fingerprint density at radius 3 is 2.36 bits per heavy atom. The molecule has 1 aromatic carbocycles. The van der Waals surface area contributed by atoms with Crippen LogP contribution in [0, 0.1) is 20.8 Å². The molecule has 2 aromatic rings. The molecule has 0 aliphatic heterocycles. The fourth-order valence-corrected chi connectivity index (χ4v) is 3.18. The number of carbonyl (C=O) groups is 1. The average Bonchev–Trinajstić information content (AvgIpc) is 2.78. The molecule has 0 saturated heterocycles. The van der Waals surface area contributed by atoms with Crippen molar-refractivity contribution < 1.29 is 4.79 Å². The van der Waals surface area contributed by atoms with Crippen molar-refractivity contribution in [2.75, 3.05) is 14.1 Å². The quantitative estimate of drug-likeness (QED) is 0.922. The number of thiazole rings is 1. The molecule has 22 heavy (non-hydrogen) atoms. The minimum Gasteiger partial charge on any atom is -0.348 e. The van der Waals surface area contributed by atoms with Gasteiger partial charge < -0.3 is 5.32 Å². The molecule has 1 aromatic heterocycles. The van der Waals surface area contributed by atoms with Crippen molar-refractivity contribution in [1.29, 1.82) is 0 Å². The van der Waals surface area contributed by atoms with Crippen LogP contribution in [0.5, 0.6) is 0 Å². The lowest BCUT2D eigenvalue weighted by Gasteiger charge is -2.23. The molecule has 0 bridgehead atoms. The lowest BCUT2D eigenvalue weighted by Crippen LogP contribution is -2.36. The topological polar surface area (TPSA) is 45.2 Å². The van der Waals surface area contributed by atoms with E-state index in [1.54, 1.807) is 11.3 Å². The Balaban J connectivity index is 2.08. The fraction of sp³-hybridized carbons (Fsp3) is 0.412. The Hall–Kier alpha value is -1.72. The molecular formula is C17H23N3OS. The molecule has 0 fully saturated rings. The molecule has 5 heteroatoms. The Morgan fingerprint density at radius 1 is 1.23 bits per heavy atom. The number of hydrogen-bond acceptors (Lipinski definition) is 4. The summed E-state index contributed by atoms with van der Waals surface area (Å²) in [6.07, 6.45) is 0. The van der Waals surface area contributed by atoms with E-state index in [1.807, 2.05) is 64.0 Å². The summed E-state index contributed by atoms with van der Waals surface area (Å²) < 4.78 is 0. The molecular weight excluding hydrogens is 294 g/mol. The summed E-state index contributed by atoms with van der Waals surface area (Å²) in [5, 5.41) is 3.95. The van der Waals surface area contributed by atoms with Crippen LogP contribution >= 0.6 is 11.3 Å². The van der Waals surface area contributed by atoms with Crippen molar-refractivity contribution >= 4 is 17.2 Å². The van der Waals surface area contributed by atoms with E-state index in [9.17, 15) is 4.79 Å². The maximum absolute atomic E-state index is 12.6. The first-order chi connectivity index (χ1) is 10.4. The van der Waals surface area contributed by atoms with Gasteiger partial charge in [0.2, 0.25) is 5.91 Å². The molecule has 1 amide bonds. The van der Waals surface area contributed by atoms with E-state index in [1.165, 1.54) is 10.4 Å². The summed E-state index contributed by atoms with van der Waals surface area (Å²) in [5.74, 6) is -0.000593. The molecule has 118 valence electrons. The number of nitrogens with one attached hydrogen (secondary N) is 1. The van der Waals surface area contributed by atoms with Gasteiger partial charge in [-0.3, -0.25) is 9.69 Å². The smallest absolute Gasteiger partial charge is 0.242 e. The number of hydrogen-bond donors (Lipinski definition) is 1. The molecule has 2 rings (SSSR count). The van der Waals surface area contributed by atoms with Crippen LogP contribution in [0.4, 0.5) is 0 Å². The zero-order valence-electron chi connectivity index (χ0n) is 13.8. The second-order valence-electron chi connectivity index (χ2n) is 5.74. The molecule has 1 heterocycles. The second kappa shape index (κ2) is 7.03. The van der Waals surface area contributed by atoms with Crippen LogP contribution in [0.25, 0.3) is 0 Å². The Kier molecular flexibility index (Phi) is 5.32. The lowest BCUT2D eigenvalue weighted by molar-refractivity contribution is -0.125. The highest BCUT2D eigenvalue weighted by molar-refractivity contribution is 7.11. The van der Waals surface area contributed by atoms with Crippen LogP contribution in [-0.4, -0.2) is 29.9 Å². The minimum absolute atomic E-state index is 0.000593. The van der Waals surface area contributed by atoms with Crippen molar-refractivity contribution in [3.63, 3.8) is 0 Å². The highest BCUT2D eigenvalue weighted by Gasteiger charge is 2.22. The average molecular weight is 317 g/mol. The van der Waals surface area contributed by atoms with Gasteiger partial charge >= 0.3 is 0 Å². The van der Waals surface area contributed by atoms with Crippen LogP contribution < -0.4 is 5.32 Å². The summed E-state index contributed by atoms with van der Waals surface area (Å²) >= 11 is 1.63. The number of benzene rings is 1. The number of likely N-dealkylation sites (N-methyl/N-ethyl adjacent to an activating group) is 1. The van der Waals surface area contributed by atoms with Gasteiger partial charge in [-0.25, -0.2) is 4.98 Å². The number of amides is 1. The second-order valence-corrected chi connectivity index (χ2v) is 7.03. The maximum Gasteiger partial charge on any atom is 0.242 e. The number of aryl methyl sites for hydroxylation is 3. The minimum atomic E-state index is -0.289. The predicted octanol–water partition coefficient (Wildman–Crippen LogP) is 2.99. The van der Waals surface area contributed by atoms with Crippen LogP contribution in [0.1, 0.15) is 32.7 Å². The van der Waals surface area contributed by atoms with Crippen LogP contribution in [0.3, 0.4) is 0 Å². The zero-order chi connectivity index (χ0) is 16.3. The van der Waals surface area contributed by atoms with Crippen molar-refractivity contribution in [3.05, 3.63) is 51.0 Å². The van der Waals surface area contributed by atoms with Crippen molar-refractivity contribution in [3.8, 4) is 0 Å². The molecule has 0 saturated carbocycles. The van der Waals surface area contributed by atoms with E-state index in [2.05, 4.69) is 10.3 Å². The molecule has 0 radical (unpaired) electrons. The first-order valence-corrected chi connectivity index (χ1v) is 8.13. The maximum atomic E-state index is 12.6. The van der Waals surface area contributed by atoms with E-state index >= 15 is 0 Å². The molecule has 1 atom stereocenters. The van der Waals surface area contributed by atoms with Gasteiger partial charge in [-0.15, -0.1) is 11.3 Å². The SMILES string of the molecule is Cc1ccc(C(C(=O)NCc2nc(C)c(C)s2)N(C)C)cc1. The van der Waals surface area contributed by atoms with Gasteiger partial charge in [-0.1, -0.05) is 29.8 Å². The number of carbonyl (C=O) groups excluding carboxylic acids is 1. The first kappa shape index (κ1) is 16.6. The largest absolute Gasteiger partial charge is 0.348 e. The molecule has 0 aliphatic carbocycles. The van der Waals surface area contributed by atoms with Gasteiger partial charge in [0.25, 0.3) is 0 Å². The molecule has 1 unspecified atom stereocenters. The molecule has 0 spiro atoms. The third kappa shape index (κ3) is 3.93. The third-order valence-electron chi connectivity index (χ3n) is 3.64. The molecule has 0 aliphatic rings. The van der Waals surface area contributed by atoms with Gasteiger partial charge in [0.1, 0.15) is 11.0 Å². The number of nitrogens with zero attached hydrogens (tertiary/aromatic N) is 2. The predicted molar refractivity (Wildman–Crippen MR) is 91.0 cm³/mol. The van der Waals surface area contributed by atoms with Gasteiger partial charge in [-0.05, 0) is 40.4 Å². The van der Waals surface area contributed by atoms with E-state index < -0.39 is 0 Å². The molecule has 1 N–H and O–H groups in total. The first-order valence-electron chi connectivity index (χ1n) is 7.32. The van der Waals surface area contributed by atoms with E-state index in [4.69, 9.17) is 0 Å². The fourth-order valence-electron chi connectivity index (χ4n) is 2.31. The summed E-state index contributed by atoms with van der Waals surface area (Å²) in [5.41, 5.74) is 3.23. The standard InChI is InChI=1S/C17H23N3OS/c1-11-6-8-14(9-7-11)16(20(4)5)17(21)18-10-15-19-12(2)13(3)22-15/h6-9,16H,10H2,1-5H3,(H,18,21). The summed E-state index contributed by atoms with van der Waals surface area (Å²) in [4.78, 5) is 20.1. The van der Waals surface area contributed by atoms with E-state index in [0.29, 0.717) is 6.54 Å². The van der Waals surface area contributed by atoms with Crippen LogP contribution in [-0.2, 0) is 11.3 Å². The highest BCUT2D eigenvalue weighted by Crippen LogP contribution is 2.20. The van der Waals surface area contributed by atoms with Crippen LogP contribution in [0.15, 0.2) is 24.3 Å². The molecule has 4 nitrogen and oxygen atoms in total. The normalized spacial score (nSPS) is 12.5. The van der Waals surface area contributed by atoms with Gasteiger partial charge in [0.15, 0.2) is 0 Å². The number of rotatable bonds is 5. The number of aromatic nitrogens is 1. The van der Waals surface area contributed by atoms with Crippen molar-refractivity contribution in [2.45, 2.75) is 33.4 Å². The van der Waals surface area contributed by atoms with Gasteiger partial charge in [0, 0.05) is 4.88 Å². The highest BCUT2D eigenvalue weighted by atomic mass is 32.1. The Bertz CT molecular complexity index is 627. The van der Waals surface area contributed by atoms with Crippen molar-refractivity contribution in [2.24, 2.45) is 0 Å². The zero-order valence-corrected chi connectivity index (χ0v) is 14.6. The van der Waals surface area contributed by atoms with E-state index in [0.717, 1.165) is 16.3 Å². The van der Waals surface area contributed by atoms with E-state index in [-0.39, 0.29) is 11.9 Å². The lowest BCUT2D eigenvalue weighted by atomic mass is 10.0. The summed E-state index contributed by atoms with van der Waals surface area (Å²) in [7, 11) is 3.84. The van der Waals surface area contributed by atoms with Crippen molar-refractivity contribution in [1.82, 2.24) is 15.2 Å². The summed E-state index contributed by atoms with van der Waals surface area (Å²) in [6.45, 7) is 6.56. The third-order valence-corrected chi connectivity index (χ3v) is 4.72. The van der Waals surface area contributed by atoms with Crippen LogP contribution in [0.2, 0.25) is 0 Å². The summed E-state index contributed by atoms with van der Waals surface area (Å²) in [6, 6.07) is 7.80. The monoisotopic (exact) mass is 317 g/mol.